The van der Waals surface area contributed by atoms with E-state index < -0.39 is 11.7 Å². The Morgan fingerprint density at radius 1 is 1.18 bits per heavy atom. The number of amides is 1. The lowest BCUT2D eigenvalue weighted by atomic mass is 10.1. The van der Waals surface area contributed by atoms with Gasteiger partial charge in [0.15, 0.2) is 0 Å². The standard InChI is InChI=1S/C17H13FN2OS/c18-16-4-2-1-3-15(16)17(21)20-9-12-7-14(10-19-8-12)13-5-6-22-11-13/h1-8,10-11H,9H2,(H,20,21). The highest BCUT2D eigenvalue weighted by Crippen LogP contribution is 2.21. The van der Waals surface area contributed by atoms with Crippen LogP contribution in [-0.2, 0) is 6.54 Å². The van der Waals surface area contributed by atoms with Crippen LogP contribution in [0.1, 0.15) is 15.9 Å². The van der Waals surface area contributed by atoms with E-state index in [1.165, 1.54) is 12.1 Å². The van der Waals surface area contributed by atoms with Crippen molar-refractivity contribution in [1.82, 2.24) is 10.3 Å². The Kier molecular flexibility index (Phi) is 4.25. The van der Waals surface area contributed by atoms with E-state index in [-0.39, 0.29) is 5.56 Å². The number of rotatable bonds is 4. The summed E-state index contributed by atoms with van der Waals surface area (Å²) in [5.74, 6) is -0.954. The summed E-state index contributed by atoms with van der Waals surface area (Å²) >= 11 is 1.62. The second kappa shape index (κ2) is 6.49. The van der Waals surface area contributed by atoms with Crippen LogP contribution in [0.4, 0.5) is 4.39 Å². The molecule has 0 fully saturated rings. The van der Waals surface area contributed by atoms with Gasteiger partial charge in [0.1, 0.15) is 5.82 Å². The maximum atomic E-state index is 13.5. The molecular formula is C17H13FN2OS. The first-order valence-electron chi connectivity index (χ1n) is 6.73. The molecule has 0 radical (unpaired) electrons. The lowest BCUT2D eigenvalue weighted by Gasteiger charge is -2.07. The lowest BCUT2D eigenvalue weighted by molar-refractivity contribution is 0.0947. The van der Waals surface area contributed by atoms with Crippen LogP contribution in [0.3, 0.4) is 0 Å². The number of carbonyl (C=O) groups is 1. The molecule has 3 rings (SSSR count). The zero-order chi connectivity index (χ0) is 15.4. The summed E-state index contributed by atoms with van der Waals surface area (Å²) in [4.78, 5) is 16.2. The van der Waals surface area contributed by atoms with Crippen LogP contribution < -0.4 is 5.32 Å². The predicted molar refractivity (Wildman–Crippen MR) is 85.1 cm³/mol. The molecule has 3 aromatic rings. The molecule has 0 aliphatic rings. The van der Waals surface area contributed by atoms with Crippen LogP contribution in [0.5, 0.6) is 0 Å². The smallest absolute Gasteiger partial charge is 0.254 e. The van der Waals surface area contributed by atoms with Crippen LogP contribution >= 0.6 is 11.3 Å². The van der Waals surface area contributed by atoms with Crippen molar-refractivity contribution in [1.29, 1.82) is 0 Å². The molecule has 2 aromatic heterocycles. The van der Waals surface area contributed by atoms with Crippen molar-refractivity contribution < 1.29 is 9.18 Å². The maximum absolute atomic E-state index is 13.5. The van der Waals surface area contributed by atoms with E-state index in [4.69, 9.17) is 0 Å². The Balaban J connectivity index is 1.71. The third-order valence-corrected chi connectivity index (χ3v) is 3.90. The number of thiophene rings is 1. The highest BCUT2D eigenvalue weighted by Gasteiger charge is 2.10. The zero-order valence-corrected chi connectivity index (χ0v) is 12.4. The van der Waals surface area contributed by atoms with Gasteiger partial charge in [0.05, 0.1) is 5.56 Å². The van der Waals surface area contributed by atoms with E-state index >= 15 is 0 Å². The van der Waals surface area contributed by atoms with Gasteiger partial charge in [-0.25, -0.2) is 4.39 Å². The van der Waals surface area contributed by atoms with Crippen LogP contribution in [0.15, 0.2) is 59.6 Å². The second-order valence-electron chi connectivity index (χ2n) is 4.76. The Bertz CT molecular complexity index is 787. The van der Waals surface area contributed by atoms with Gasteiger partial charge in [-0.1, -0.05) is 12.1 Å². The molecule has 0 bridgehead atoms. The minimum Gasteiger partial charge on any atom is -0.348 e. The first kappa shape index (κ1) is 14.4. The summed E-state index contributed by atoms with van der Waals surface area (Å²) in [5.41, 5.74) is 3.01. The van der Waals surface area contributed by atoms with Crippen LogP contribution in [0, 0.1) is 5.82 Å². The summed E-state index contributed by atoms with van der Waals surface area (Å²) in [5, 5.41) is 6.75. The van der Waals surface area contributed by atoms with E-state index in [1.807, 2.05) is 22.9 Å². The zero-order valence-electron chi connectivity index (χ0n) is 11.6. The van der Waals surface area contributed by atoms with Gasteiger partial charge < -0.3 is 5.32 Å². The summed E-state index contributed by atoms with van der Waals surface area (Å²) in [7, 11) is 0. The number of hydrogen-bond acceptors (Lipinski definition) is 3. The Labute approximate surface area is 131 Å². The molecule has 0 saturated carbocycles. The minimum atomic E-state index is -0.523. The highest BCUT2D eigenvalue weighted by molar-refractivity contribution is 7.08. The quantitative estimate of drug-likeness (QED) is 0.794. The van der Waals surface area contributed by atoms with Crippen LogP contribution in [0.25, 0.3) is 11.1 Å². The number of nitrogens with one attached hydrogen (secondary N) is 1. The van der Waals surface area contributed by atoms with Crippen LogP contribution in [0.2, 0.25) is 0 Å². The molecule has 0 spiro atoms. The van der Waals surface area contributed by atoms with Gasteiger partial charge in [-0.05, 0) is 46.2 Å². The summed E-state index contributed by atoms with van der Waals surface area (Å²) < 4.78 is 13.5. The Hall–Kier alpha value is -2.53. The fraction of sp³-hybridized carbons (Fsp3) is 0.0588. The van der Waals surface area contributed by atoms with Gasteiger partial charge in [0.25, 0.3) is 5.91 Å². The lowest BCUT2D eigenvalue weighted by Crippen LogP contribution is -2.23. The van der Waals surface area contributed by atoms with Gasteiger partial charge in [0.2, 0.25) is 0 Å². The Morgan fingerprint density at radius 2 is 2.05 bits per heavy atom. The molecule has 0 aliphatic heterocycles. The monoisotopic (exact) mass is 312 g/mol. The first-order valence-corrected chi connectivity index (χ1v) is 7.67. The number of pyridine rings is 1. The molecule has 5 heteroatoms. The molecule has 1 N–H and O–H groups in total. The molecule has 1 aromatic carbocycles. The van der Waals surface area contributed by atoms with E-state index in [1.54, 1.807) is 35.9 Å². The molecule has 0 atom stereocenters. The fourth-order valence-corrected chi connectivity index (χ4v) is 2.76. The normalized spacial score (nSPS) is 10.4. The molecule has 2 heterocycles. The largest absolute Gasteiger partial charge is 0.348 e. The van der Waals surface area contributed by atoms with Crippen molar-refractivity contribution in [3.8, 4) is 11.1 Å². The number of aromatic nitrogens is 1. The number of carbonyl (C=O) groups excluding carboxylic acids is 1. The molecule has 110 valence electrons. The van der Waals surface area contributed by atoms with Crippen molar-refractivity contribution in [3.05, 3.63) is 76.5 Å². The number of nitrogens with zero attached hydrogens (tertiary/aromatic N) is 1. The fourth-order valence-electron chi connectivity index (χ4n) is 2.09. The van der Waals surface area contributed by atoms with Crippen molar-refractivity contribution in [2.24, 2.45) is 0 Å². The van der Waals surface area contributed by atoms with Gasteiger partial charge in [0, 0.05) is 24.5 Å². The molecular weight excluding hydrogens is 299 g/mol. The molecule has 22 heavy (non-hydrogen) atoms. The van der Waals surface area contributed by atoms with E-state index in [0.29, 0.717) is 6.54 Å². The maximum Gasteiger partial charge on any atom is 0.254 e. The minimum absolute atomic E-state index is 0.0458. The predicted octanol–water partition coefficient (Wildman–Crippen LogP) is 3.88. The SMILES string of the molecule is O=C(NCc1cncc(-c2ccsc2)c1)c1ccccc1F. The third-order valence-electron chi connectivity index (χ3n) is 3.22. The number of halogens is 1. The molecule has 1 amide bonds. The molecule has 3 nitrogen and oxygen atoms in total. The average Bonchev–Trinajstić information content (AvgIpc) is 3.08. The summed E-state index contributed by atoms with van der Waals surface area (Å²) in [6.45, 7) is 0.304. The van der Waals surface area contributed by atoms with Crippen molar-refractivity contribution in [2.75, 3.05) is 0 Å². The van der Waals surface area contributed by atoms with Crippen molar-refractivity contribution in [2.45, 2.75) is 6.54 Å². The third kappa shape index (κ3) is 3.20. The molecule has 0 aliphatic carbocycles. The topological polar surface area (TPSA) is 42.0 Å². The van der Waals surface area contributed by atoms with E-state index in [2.05, 4.69) is 10.3 Å². The van der Waals surface area contributed by atoms with Gasteiger partial charge in [-0.3, -0.25) is 9.78 Å². The second-order valence-corrected chi connectivity index (χ2v) is 5.54. The van der Waals surface area contributed by atoms with Crippen LogP contribution in [-0.4, -0.2) is 10.9 Å². The highest BCUT2D eigenvalue weighted by atomic mass is 32.1. The molecule has 0 unspecified atom stereocenters. The summed E-state index contributed by atoms with van der Waals surface area (Å²) in [6, 6.07) is 9.91. The number of benzene rings is 1. The summed E-state index contributed by atoms with van der Waals surface area (Å²) in [6.07, 6.45) is 3.47. The van der Waals surface area contributed by atoms with Crippen molar-refractivity contribution in [3.63, 3.8) is 0 Å². The number of hydrogen-bond donors (Lipinski definition) is 1. The van der Waals surface area contributed by atoms with E-state index in [0.717, 1.165) is 16.7 Å². The van der Waals surface area contributed by atoms with Gasteiger partial charge in [-0.2, -0.15) is 11.3 Å². The first-order chi connectivity index (χ1) is 10.7. The van der Waals surface area contributed by atoms with Gasteiger partial charge in [-0.15, -0.1) is 0 Å². The average molecular weight is 312 g/mol. The van der Waals surface area contributed by atoms with Gasteiger partial charge >= 0.3 is 0 Å². The molecule has 0 saturated heterocycles. The van der Waals surface area contributed by atoms with E-state index in [9.17, 15) is 9.18 Å². The van der Waals surface area contributed by atoms with Crippen molar-refractivity contribution >= 4 is 17.2 Å². The Morgan fingerprint density at radius 3 is 2.82 bits per heavy atom.